The summed E-state index contributed by atoms with van der Waals surface area (Å²) in [6.07, 6.45) is 8.62. The molecule has 2 aromatic heterocycles. The Morgan fingerprint density at radius 2 is 1.04 bits per heavy atom. The van der Waals surface area contributed by atoms with Gasteiger partial charge in [0.2, 0.25) is 0 Å². The lowest BCUT2D eigenvalue weighted by Crippen LogP contribution is -2.40. The molecule has 0 saturated carbocycles. The number of hydrogen-bond acceptors (Lipinski definition) is 5. The molecule has 0 amide bonds. The number of ether oxygens (including phenoxy) is 1. The first-order valence-corrected chi connectivity index (χ1v) is 27.7. The maximum atomic E-state index is 6.93. The first kappa shape index (κ1) is 51.6. The number of aromatic nitrogens is 2. The van der Waals surface area contributed by atoms with Crippen molar-refractivity contribution in [3.63, 3.8) is 0 Å². The smallest absolute Gasteiger partial charge is 0.313 e. The number of fused-ring (bicyclic) bond motifs is 5. The second-order valence-electron chi connectivity index (χ2n) is 26.8. The van der Waals surface area contributed by atoms with Gasteiger partial charge in [-0.1, -0.05) is 183 Å². The molecule has 3 aliphatic heterocycles. The summed E-state index contributed by atoms with van der Waals surface area (Å²) < 4.78 is 9.21. The summed E-state index contributed by atoms with van der Waals surface area (Å²) in [6, 6.07) is 51.7. The van der Waals surface area contributed by atoms with Gasteiger partial charge in [-0.15, -0.1) is 0 Å². The highest BCUT2D eigenvalue weighted by molar-refractivity contribution is 6.70. The number of rotatable bonds is 7. The second kappa shape index (κ2) is 18.6. The van der Waals surface area contributed by atoms with Gasteiger partial charge in [-0.05, 0) is 151 Å². The van der Waals surface area contributed by atoms with Crippen LogP contribution in [0.4, 0.5) is 17.1 Å². The van der Waals surface area contributed by atoms with E-state index < -0.39 is 0 Å². The molecule has 0 unspecified atom stereocenters. The fraction of sp³-hybridized carbons (Fsp3) is 0.300. The molecule has 0 atom stereocenters. The molecular formula is C70H76BN5O. The normalized spacial score (nSPS) is 15.2. The highest BCUT2D eigenvalue weighted by Crippen LogP contribution is 2.51. The van der Waals surface area contributed by atoms with Gasteiger partial charge in [-0.2, -0.15) is 0 Å². The van der Waals surface area contributed by atoms with Gasteiger partial charge in [-0.25, -0.2) is 4.98 Å². The molecule has 0 fully saturated rings. The first-order valence-electron chi connectivity index (χ1n) is 27.7. The van der Waals surface area contributed by atoms with Crippen LogP contribution in [0.2, 0.25) is 0 Å². The number of allylic oxidation sites excluding steroid dienone is 3. The largest absolute Gasteiger partial charge is 0.457 e. The lowest BCUT2D eigenvalue weighted by molar-refractivity contribution is 0.483. The first-order chi connectivity index (χ1) is 36.3. The Kier molecular flexibility index (Phi) is 12.5. The molecule has 0 spiro atoms. The van der Waals surface area contributed by atoms with Gasteiger partial charge in [0.05, 0.1) is 33.8 Å². The molecule has 7 heteroatoms. The van der Waals surface area contributed by atoms with E-state index in [1.165, 1.54) is 61.3 Å². The highest BCUT2D eigenvalue weighted by atomic mass is 16.5. The minimum Gasteiger partial charge on any atom is -0.457 e. The minimum absolute atomic E-state index is 0.00895. The minimum atomic E-state index is -0.0761. The van der Waals surface area contributed by atoms with Crippen molar-refractivity contribution in [1.29, 1.82) is 0 Å². The van der Waals surface area contributed by atoms with E-state index in [-0.39, 0.29) is 33.9 Å². The van der Waals surface area contributed by atoms with E-state index in [0.29, 0.717) is 6.67 Å². The quantitative estimate of drug-likeness (QED) is 0.149. The molecule has 11 rings (SSSR count). The van der Waals surface area contributed by atoms with E-state index in [9.17, 15) is 0 Å². The van der Waals surface area contributed by atoms with Gasteiger partial charge in [0, 0.05) is 34.8 Å². The highest BCUT2D eigenvalue weighted by Gasteiger charge is 2.40. The van der Waals surface area contributed by atoms with Crippen molar-refractivity contribution >= 4 is 57.0 Å². The van der Waals surface area contributed by atoms with Gasteiger partial charge >= 0.3 is 6.85 Å². The van der Waals surface area contributed by atoms with Crippen LogP contribution in [-0.4, -0.2) is 27.9 Å². The number of pyridine rings is 1. The standard InChI is InChI=1S/C70H76BN5O/c1-66(2,3)48-31-33-72-63(41-48)76-59-26-17-16-25-56(59)57-30-29-55(43-62(57)76)77-54-24-22-23-53(42-54)73-45-74(61-28-19-18-27-60(61)73)65-58(46-35-49(67(4,5)6)39-50(36-46)68(7,8)9)44-71-32-20-21-34-75(71)64(65)47-37-51(69(10,11)12)40-52(38-47)70(13,14)15/h16-44H,45H2,1-15H3. The van der Waals surface area contributed by atoms with Crippen LogP contribution in [0.15, 0.2) is 182 Å². The molecule has 6 nitrogen and oxygen atoms in total. The predicted molar refractivity (Wildman–Crippen MR) is 328 cm³/mol. The Morgan fingerprint density at radius 1 is 0.468 bits per heavy atom. The van der Waals surface area contributed by atoms with E-state index >= 15 is 0 Å². The number of para-hydroxylation sites is 3. The van der Waals surface area contributed by atoms with Gasteiger partial charge in [-0.3, -0.25) is 4.57 Å². The molecule has 0 saturated heterocycles. The molecule has 0 radical (unpaired) electrons. The summed E-state index contributed by atoms with van der Waals surface area (Å²) in [5.74, 6) is 7.28. The lowest BCUT2D eigenvalue weighted by Gasteiger charge is -2.40. The zero-order chi connectivity index (χ0) is 54.6. The van der Waals surface area contributed by atoms with E-state index in [1.54, 1.807) is 0 Å². The van der Waals surface area contributed by atoms with Gasteiger partial charge in [0.15, 0.2) is 0 Å². The van der Waals surface area contributed by atoms with Crippen molar-refractivity contribution < 1.29 is 4.74 Å². The fourth-order valence-corrected chi connectivity index (χ4v) is 11.2. The van der Waals surface area contributed by atoms with E-state index in [2.05, 4.69) is 293 Å². The summed E-state index contributed by atoms with van der Waals surface area (Å²) in [4.78, 5) is 12.5. The number of benzene rings is 6. The van der Waals surface area contributed by atoms with Crippen molar-refractivity contribution in [1.82, 2.24) is 14.4 Å². The Bertz CT molecular complexity index is 3690. The number of nitrogens with zero attached hydrogens (tertiary/aromatic N) is 5. The van der Waals surface area contributed by atoms with Crippen LogP contribution in [0.3, 0.4) is 0 Å². The monoisotopic (exact) mass is 1010 g/mol. The predicted octanol–water partition coefficient (Wildman–Crippen LogP) is 18.3. The van der Waals surface area contributed by atoms with Crippen LogP contribution in [0.1, 0.15) is 143 Å². The zero-order valence-electron chi connectivity index (χ0n) is 48.2. The Balaban J connectivity index is 1.07. The summed E-state index contributed by atoms with van der Waals surface area (Å²) in [5, 5.41) is 2.34. The van der Waals surface area contributed by atoms with Crippen LogP contribution < -0.4 is 14.5 Å². The van der Waals surface area contributed by atoms with E-state index in [4.69, 9.17) is 9.72 Å². The third-order valence-corrected chi connectivity index (χ3v) is 15.8. The van der Waals surface area contributed by atoms with Gasteiger partial charge in [0.1, 0.15) is 24.0 Å². The van der Waals surface area contributed by atoms with Crippen LogP contribution in [0, 0.1) is 0 Å². The average molecular weight is 1010 g/mol. The third kappa shape index (κ3) is 9.72. The second-order valence-corrected chi connectivity index (χ2v) is 26.8. The Morgan fingerprint density at radius 3 is 1.68 bits per heavy atom. The van der Waals surface area contributed by atoms with Crippen LogP contribution in [0.5, 0.6) is 11.5 Å². The van der Waals surface area contributed by atoms with Gasteiger partial charge < -0.3 is 19.3 Å². The summed E-state index contributed by atoms with van der Waals surface area (Å²) >= 11 is 0. The lowest BCUT2D eigenvalue weighted by atomic mass is 9.55. The summed E-state index contributed by atoms with van der Waals surface area (Å²) in [6.45, 7) is 35.4. The van der Waals surface area contributed by atoms with Crippen LogP contribution >= 0.6 is 0 Å². The Hall–Kier alpha value is -7.51. The van der Waals surface area contributed by atoms with Crippen LogP contribution in [0.25, 0.3) is 38.9 Å². The molecular weight excluding hydrogens is 938 g/mol. The SMILES string of the molecule is CC(C)(C)c1cc(C2=CB3C=CC=CN3C(c3cc(C(C)(C)C)cc(C(C)(C)C)c3)=C2N2CN(c3cccc(Oc4ccc5c6ccccc6n(-c6cc(C(C)(C)C)ccn6)c5c4)c3)c3ccccc32)cc(C(C)(C)C)c1. The van der Waals surface area contributed by atoms with Crippen molar-refractivity contribution in [2.24, 2.45) is 0 Å². The summed E-state index contributed by atoms with van der Waals surface area (Å²) in [5.41, 5.74) is 17.8. The maximum Gasteiger partial charge on any atom is 0.313 e. The number of anilines is 3. The molecule has 0 aliphatic carbocycles. The van der Waals surface area contributed by atoms with Crippen LogP contribution in [-0.2, 0) is 27.1 Å². The maximum absolute atomic E-state index is 6.93. The van der Waals surface area contributed by atoms with Gasteiger partial charge in [0.25, 0.3) is 0 Å². The van der Waals surface area contributed by atoms with E-state index in [1.807, 2.05) is 6.20 Å². The molecule has 77 heavy (non-hydrogen) atoms. The average Bonchev–Trinajstić information content (AvgIpc) is 3.99. The van der Waals surface area contributed by atoms with Crippen molar-refractivity contribution in [3.05, 3.63) is 221 Å². The zero-order valence-corrected chi connectivity index (χ0v) is 48.2. The fourth-order valence-electron chi connectivity index (χ4n) is 11.2. The summed E-state index contributed by atoms with van der Waals surface area (Å²) in [7, 11) is 0. The molecule has 8 aromatic rings. The molecule has 390 valence electrons. The van der Waals surface area contributed by atoms with Crippen molar-refractivity contribution in [3.8, 4) is 17.3 Å². The van der Waals surface area contributed by atoms with E-state index in [0.717, 1.165) is 50.8 Å². The molecule has 5 heterocycles. The molecule has 0 bridgehead atoms. The number of hydrogen-bond donors (Lipinski definition) is 0. The third-order valence-electron chi connectivity index (χ3n) is 15.8. The topological polar surface area (TPSA) is 36.8 Å². The molecule has 6 aromatic carbocycles. The Labute approximate surface area is 459 Å². The molecule has 3 aliphatic rings. The van der Waals surface area contributed by atoms with Crippen molar-refractivity contribution in [2.75, 3.05) is 16.5 Å². The van der Waals surface area contributed by atoms with Crippen molar-refractivity contribution in [2.45, 2.75) is 131 Å². The molecule has 0 N–H and O–H groups in total.